The van der Waals surface area contributed by atoms with Gasteiger partial charge in [0.2, 0.25) is 0 Å². The monoisotopic (exact) mass is 706 g/mol. The molecule has 0 aromatic heterocycles. The van der Waals surface area contributed by atoms with E-state index in [1.54, 1.807) is 18.2 Å². The largest absolute Gasteiger partial charge is 0.484 e. The molecule has 15 heteroatoms. The molecule has 2 aromatic rings. The first-order valence-corrected chi connectivity index (χ1v) is 21.4. The third-order valence-electron chi connectivity index (χ3n) is 7.42. The van der Waals surface area contributed by atoms with Crippen molar-refractivity contribution in [2.24, 2.45) is 0 Å². The molecule has 12 nitrogen and oxygen atoms in total. The molecule has 2 aromatic carbocycles. The molecule has 2 rings (SSSR count). The molecule has 0 spiro atoms. The van der Waals surface area contributed by atoms with E-state index in [1.165, 1.54) is 30.3 Å². The topological polar surface area (TPSA) is 175 Å². The molecule has 0 fully saturated rings. The van der Waals surface area contributed by atoms with Crippen LogP contribution in [-0.4, -0.2) is 79.5 Å². The van der Waals surface area contributed by atoms with Crippen molar-refractivity contribution in [1.82, 2.24) is 0 Å². The Balaban J connectivity index is 0. The van der Waals surface area contributed by atoms with Crippen LogP contribution in [0.25, 0.3) is 0 Å². The molecule has 264 valence electrons. The van der Waals surface area contributed by atoms with Crippen LogP contribution >= 0.6 is 11.1 Å². The van der Waals surface area contributed by atoms with Gasteiger partial charge in [0, 0.05) is 12.1 Å². The molecule has 0 amide bonds. The SMILES string of the molecule is C.CC(C)(C)[Si](C)(C)Cl.CC(C)(C)[Si](C)(C)OCC(O)COc1ccccc1[N+](=O)[O-].O=[N+]([O-])c1ccccc1OCC(O)CO. The second kappa shape index (κ2) is 19.9. The molecule has 0 aliphatic carbocycles. The molecule has 46 heavy (non-hydrogen) atoms. The minimum Gasteiger partial charge on any atom is -0.484 e. The number of hydrogen-bond acceptors (Lipinski definition) is 10. The van der Waals surface area contributed by atoms with Gasteiger partial charge in [0.15, 0.2) is 27.2 Å². The molecule has 0 bridgehead atoms. The molecule has 0 saturated heterocycles. The Bertz CT molecular complexity index is 1190. The van der Waals surface area contributed by atoms with Crippen molar-refractivity contribution in [3.63, 3.8) is 0 Å². The van der Waals surface area contributed by atoms with Crippen molar-refractivity contribution in [2.45, 2.75) is 97.4 Å². The molecule has 0 radical (unpaired) electrons. The van der Waals surface area contributed by atoms with Gasteiger partial charge in [-0.1, -0.05) is 86.3 Å². The lowest BCUT2D eigenvalue weighted by Gasteiger charge is -2.36. The van der Waals surface area contributed by atoms with Crippen LogP contribution in [0.2, 0.25) is 36.3 Å². The fourth-order valence-corrected chi connectivity index (χ4v) is 3.50. The highest BCUT2D eigenvalue weighted by Crippen LogP contribution is 2.38. The maximum Gasteiger partial charge on any atom is 0.310 e. The summed E-state index contributed by atoms with van der Waals surface area (Å²) >= 11 is 6.15. The molecule has 0 heterocycles. The van der Waals surface area contributed by atoms with Crippen molar-refractivity contribution >= 4 is 38.2 Å². The lowest BCUT2D eigenvalue weighted by atomic mass is 10.2. The number of nitrogens with zero attached hydrogens (tertiary/aromatic N) is 2. The van der Waals surface area contributed by atoms with E-state index in [0.717, 1.165) is 0 Å². The van der Waals surface area contributed by atoms with E-state index >= 15 is 0 Å². The Labute approximate surface area is 280 Å². The summed E-state index contributed by atoms with van der Waals surface area (Å²) < 4.78 is 16.3. The van der Waals surface area contributed by atoms with Crippen molar-refractivity contribution in [1.29, 1.82) is 0 Å². The Morgan fingerprint density at radius 3 is 1.39 bits per heavy atom. The highest BCUT2D eigenvalue weighted by Gasteiger charge is 2.37. The van der Waals surface area contributed by atoms with Crippen LogP contribution in [0.15, 0.2) is 48.5 Å². The van der Waals surface area contributed by atoms with Gasteiger partial charge in [-0.3, -0.25) is 20.2 Å². The summed E-state index contributed by atoms with van der Waals surface area (Å²) in [6, 6.07) is 12.0. The Morgan fingerprint density at radius 1 is 0.739 bits per heavy atom. The van der Waals surface area contributed by atoms with Gasteiger partial charge >= 0.3 is 11.4 Å². The van der Waals surface area contributed by atoms with Crippen LogP contribution in [0.1, 0.15) is 49.0 Å². The maximum atomic E-state index is 10.9. The molecule has 2 atom stereocenters. The molecule has 3 N–H and O–H groups in total. The average molecular weight is 707 g/mol. The highest BCUT2D eigenvalue weighted by molar-refractivity contribution is 7.20. The van der Waals surface area contributed by atoms with E-state index in [1.807, 2.05) is 0 Å². The summed E-state index contributed by atoms with van der Waals surface area (Å²) in [6.45, 7) is 21.0. The lowest BCUT2D eigenvalue weighted by molar-refractivity contribution is -0.386. The van der Waals surface area contributed by atoms with Gasteiger partial charge in [-0.2, -0.15) is 11.1 Å². The first kappa shape index (κ1) is 45.5. The third kappa shape index (κ3) is 16.8. The summed E-state index contributed by atoms with van der Waals surface area (Å²) in [7, 11) is -3.32. The molecule has 2 unspecified atom stereocenters. The van der Waals surface area contributed by atoms with Crippen molar-refractivity contribution in [2.75, 3.05) is 26.4 Å². The molecular weight excluding hydrogens is 652 g/mol. The fourth-order valence-electron chi connectivity index (χ4n) is 2.45. The van der Waals surface area contributed by atoms with E-state index in [2.05, 4.69) is 67.7 Å². The van der Waals surface area contributed by atoms with Crippen LogP contribution in [0.5, 0.6) is 11.5 Å². The van der Waals surface area contributed by atoms with Crippen LogP contribution in [0.3, 0.4) is 0 Å². The normalized spacial score (nSPS) is 13.0. The van der Waals surface area contributed by atoms with Gasteiger partial charge < -0.3 is 29.2 Å². The summed E-state index contributed by atoms with van der Waals surface area (Å²) in [5.74, 6) is 0.230. The zero-order valence-corrected chi connectivity index (χ0v) is 30.8. The highest BCUT2D eigenvalue weighted by atomic mass is 35.6. The predicted molar refractivity (Wildman–Crippen MR) is 189 cm³/mol. The van der Waals surface area contributed by atoms with Crippen LogP contribution < -0.4 is 9.47 Å². The fraction of sp³-hybridized carbons (Fsp3) is 0.613. The Kier molecular flexibility index (Phi) is 19.7. The second-order valence-corrected chi connectivity index (χ2v) is 25.4. The first-order valence-electron chi connectivity index (χ1n) is 14.5. The van der Waals surface area contributed by atoms with Crippen LogP contribution in [0.4, 0.5) is 11.4 Å². The molecular formula is C31H55ClN2O10Si2. The van der Waals surface area contributed by atoms with Crippen LogP contribution in [-0.2, 0) is 4.43 Å². The number of aliphatic hydroxyl groups is 3. The minimum absolute atomic E-state index is 0. The van der Waals surface area contributed by atoms with E-state index in [4.69, 9.17) is 35.2 Å². The third-order valence-corrected chi connectivity index (χ3v) is 17.2. The number of ether oxygens (including phenoxy) is 2. The average Bonchev–Trinajstić information content (AvgIpc) is 2.92. The number of para-hydroxylation sites is 4. The molecule has 0 aliphatic rings. The van der Waals surface area contributed by atoms with Gasteiger partial charge in [0.25, 0.3) is 0 Å². The predicted octanol–water partition coefficient (Wildman–Crippen LogP) is 7.55. The summed E-state index contributed by atoms with van der Waals surface area (Å²) in [5.41, 5.74) is -0.275. The van der Waals surface area contributed by atoms with Gasteiger partial charge in [-0.25, -0.2) is 0 Å². The minimum atomic E-state index is -1.93. The molecule has 0 saturated carbocycles. The number of nitro benzene ring substituents is 2. The van der Waals surface area contributed by atoms with Gasteiger partial charge in [-0.05, 0) is 35.3 Å². The van der Waals surface area contributed by atoms with Crippen LogP contribution in [0, 0.1) is 20.2 Å². The van der Waals surface area contributed by atoms with Crippen molar-refractivity contribution in [3.8, 4) is 11.5 Å². The number of benzene rings is 2. The smallest absolute Gasteiger partial charge is 0.310 e. The van der Waals surface area contributed by atoms with Gasteiger partial charge in [0.1, 0.15) is 25.4 Å². The Hall–Kier alpha value is -2.60. The number of halogens is 1. The van der Waals surface area contributed by atoms with Crippen molar-refractivity contribution < 1.29 is 39.1 Å². The van der Waals surface area contributed by atoms with E-state index in [9.17, 15) is 25.3 Å². The summed E-state index contributed by atoms with van der Waals surface area (Å²) in [6.07, 6.45) is -1.86. The first-order chi connectivity index (χ1) is 20.4. The zero-order chi connectivity index (χ0) is 35.2. The quantitative estimate of drug-likeness (QED) is 0.0865. The van der Waals surface area contributed by atoms with Crippen molar-refractivity contribution in [3.05, 3.63) is 68.8 Å². The number of nitro groups is 2. The van der Waals surface area contributed by atoms with E-state index in [-0.39, 0.29) is 55.2 Å². The molecule has 0 aliphatic heterocycles. The van der Waals surface area contributed by atoms with Gasteiger partial charge in [-0.15, -0.1) is 0 Å². The summed E-state index contributed by atoms with van der Waals surface area (Å²) in [4.78, 5) is 20.4. The number of hydrogen-bond donors (Lipinski definition) is 3. The van der Waals surface area contributed by atoms with Gasteiger partial charge in [0.05, 0.1) is 23.1 Å². The van der Waals surface area contributed by atoms with E-state index < -0.39 is 44.4 Å². The second-order valence-electron chi connectivity index (χ2n) is 13.4. The zero-order valence-electron chi connectivity index (χ0n) is 28.1. The summed E-state index contributed by atoms with van der Waals surface area (Å²) in [5, 5.41) is 49.3. The lowest BCUT2D eigenvalue weighted by Crippen LogP contribution is -2.43. The number of rotatable bonds is 12. The maximum absolute atomic E-state index is 10.9. The Morgan fingerprint density at radius 2 is 1.09 bits per heavy atom. The standard InChI is InChI=1S/C15H25NO5Si.C9H11NO5.C6H15ClSi.CH4/c1-15(2,3)22(4,5)21-11-12(17)10-20-14-9-7-6-8-13(14)16(18)19;11-5-7(12)6-15-9-4-2-1-3-8(9)10(13)14;1-6(2,3)8(4,5)7;/h6-9,12,17H,10-11H2,1-5H3;1-4,7,11-12H,5-6H2;1-5H3;1H4. The van der Waals surface area contributed by atoms with E-state index in [0.29, 0.717) is 5.04 Å². The number of aliphatic hydroxyl groups excluding tert-OH is 3.